The third-order valence-corrected chi connectivity index (χ3v) is 4.12. The Labute approximate surface area is 119 Å². The van der Waals surface area contributed by atoms with Crippen molar-refractivity contribution in [2.24, 2.45) is 0 Å². The number of nitrogens with one attached hydrogen (secondary N) is 2. The third kappa shape index (κ3) is 2.17. The number of hydrogen-bond donors (Lipinski definition) is 3. The van der Waals surface area contributed by atoms with Crippen molar-refractivity contribution < 1.29 is 14.3 Å². The van der Waals surface area contributed by atoms with Crippen LogP contribution in [-0.4, -0.2) is 29.1 Å². The molecule has 0 amide bonds. The molecule has 0 spiro atoms. The lowest BCUT2D eigenvalue weighted by molar-refractivity contribution is 0.0691. The number of piperidine rings is 1. The fourth-order valence-electron chi connectivity index (χ4n) is 2.84. The zero-order chi connectivity index (χ0) is 14.3. The number of rotatable bonds is 2. The molecule has 0 aliphatic carbocycles. The summed E-state index contributed by atoms with van der Waals surface area (Å²) in [5.74, 6) is -1.42. The van der Waals surface area contributed by atoms with E-state index in [9.17, 15) is 9.18 Å². The number of hydrogen-bond acceptors (Lipinski definition) is 2. The zero-order valence-electron chi connectivity index (χ0n) is 10.7. The minimum atomic E-state index is -1.10. The van der Waals surface area contributed by atoms with Crippen molar-refractivity contribution in [3.05, 3.63) is 34.2 Å². The van der Waals surface area contributed by atoms with Crippen LogP contribution in [0.1, 0.15) is 34.8 Å². The van der Waals surface area contributed by atoms with Gasteiger partial charge in [-0.3, -0.25) is 0 Å². The van der Waals surface area contributed by atoms with E-state index in [1.54, 1.807) is 6.07 Å². The van der Waals surface area contributed by atoms with Gasteiger partial charge in [0.1, 0.15) is 5.69 Å². The van der Waals surface area contributed by atoms with Crippen LogP contribution in [0.25, 0.3) is 10.9 Å². The van der Waals surface area contributed by atoms with Crippen LogP contribution in [0.3, 0.4) is 0 Å². The van der Waals surface area contributed by atoms with E-state index in [4.69, 9.17) is 16.7 Å². The maximum Gasteiger partial charge on any atom is 0.352 e. The highest BCUT2D eigenvalue weighted by atomic mass is 35.5. The molecule has 1 saturated heterocycles. The fourth-order valence-corrected chi connectivity index (χ4v) is 3.05. The van der Waals surface area contributed by atoms with E-state index in [1.165, 1.54) is 6.07 Å². The predicted molar refractivity (Wildman–Crippen MR) is 75.1 cm³/mol. The standard InChI is InChI=1S/C14H14ClFN2O2/c15-10-5-8(7-1-3-17-4-2-7)9-6-11(14(19)20)18-13(9)12(10)16/h5-7,17-18H,1-4H2,(H,19,20). The molecule has 0 saturated carbocycles. The zero-order valence-corrected chi connectivity index (χ0v) is 11.4. The average molecular weight is 297 g/mol. The van der Waals surface area contributed by atoms with Gasteiger partial charge in [-0.2, -0.15) is 0 Å². The van der Waals surface area contributed by atoms with Crippen LogP contribution < -0.4 is 5.32 Å². The van der Waals surface area contributed by atoms with Crippen molar-refractivity contribution in [2.75, 3.05) is 13.1 Å². The normalized spacial score (nSPS) is 16.7. The number of carbonyl (C=O) groups is 1. The maximum atomic E-state index is 14.1. The molecule has 106 valence electrons. The van der Waals surface area contributed by atoms with Gasteiger partial charge >= 0.3 is 5.97 Å². The van der Waals surface area contributed by atoms with Crippen molar-refractivity contribution in [3.63, 3.8) is 0 Å². The molecule has 1 aliphatic rings. The molecule has 2 heterocycles. The molecule has 6 heteroatoms. The number of fused-ring (bicyclic) bond motifs is 1. The Morgan fingerprint density at radius 1 is 1.35 bits per heavy atom. The fraction of sp³-hybridized carbons (Fsp3) is 0.357. The van der Waals surface area contributed by atoms with Crippen LogP contribution in [0.2, 0.25) is 5.02 Å². The van der Waals surface area contributed by atoms with Gasteiger partial charge in [-0.1, -0.05) is 11.6 Å². The summed E-state index contributed by atoms with van der Waals surface area (Å²) in [7, 11) is 0. The largest absolute Gasteiger partial charge is 0.477 e. The van der Waals surface area contributed by atoms with E-state index in [-0.39, 0.29) is 22.2 Å². The molecule has 0 radical (unpaired) electrons. The van der Waals surface area contributed by atoms with Gasteiger partial charge < -0.3 is 15.4 Å². The van der Waals surface area contributed by atoms with Crippen LogP contribution in [0.15, 0.2) is 12.1 Å². The molecule has 1 aromatic carbocycles. The van der Waals surface area contributed by atoms with Gasteiger partial charge in [0.2, 0.25) is 0 Å². The van der Waals surface area contributed by atoms with E-state index in [0.717, 1.165) is 31.5 Å². The molecule has 0 unspecified atom stereocenters. The highest BCUT2D eigenvalue weighted by molar-refractivity contribution is 6.31. The Morgan fingerprint density at radius 2 is 2.05 bits per heavy atom. The molecular formula is C14H14ClFN2O2. The van der Waals surface area contributed by atoms with Gasteiger partial charge in [0.25, 0.3) is 0 Å². The summed E-state index contributed by atoms with van der Waals surface area (Å²) in [5, 5.41) is 13.0. The number of carboxylic acid groups (broad SMARTS) is 1. The average Bonchev–Trinajstić information content (AvgIpc) is 2.89. The van der Waals surface area contributed by atoms with Crippen LogP contribution >= 0.6 is 11.6 Å². The second kappa shape index (κ2) is 5.07. The van der Waals surface area contributed by atoms with Gasteiger partial charge in [0, 0.05) is 5.39 Å². The first-order valence-corrected chi connectivity index (χ1v) is 6.90. The van der Waals surface area contributed by atoms with Crippen LogP contribution in [0.4, 0.5) is 4.39 Å². The number of benzene rings is 1. The number of H-pyrrole nitrogens is 1. The predicted octanol–water partition coefficient (Wildman–Crippen LogP) is 3.13. The molecule has 4 nitrogen and oxygen atoms in total. The quantitative estimate of drug-likeness (QED) is 0.798. The molecule has 3 N–H and O–H groups in total. The molecule has 3 rings (SSSR count). The van der Waals surface area contributed by atoms with Crippen LogP contribution in [0, 0.1) is 5.82 Å². The molecule has 20 heavy (non-hydrogen) atoms. The summed E-state index contributed by atoms with van der Waals surface area (Å²) in [6, 6.07) is 3.13. The van der Waals surface area contributed by atoms with Crippen molar-refractivity contribution in [1.82, 2.24) is 10.3 Å². The van der Waals surface area contributed by atoms with Crippen molar-refractivity contribution >= 4 is 28.5 Å². The monoisotopic (exact) mass is 296 g/mol. The SMILES string of the molecule is O=C(O)c1cc2c(C3CCNCC3)cc(Cl)c(F)c2[nH]1. The topological polar surface area (TPSA) is 65.1 Å². The summed E-state index contributed by atoms with van der Waals surface area (Å²) in [4.78, 5) is 13.7. The highest BCUT2D eigenvalue weighted by Crippen LogP contribution is 2.36. The lowest BCUT2D eigenvalue weighted by atomic mass is 9.88. The lowest BCUT2D eigenvalue weighted by Crippen LogP contribution is -2.26. The number of aromatic carboxylic acids is 1. The third-order valence-electron chi connectivity index (χ3n) is 3.85. The summed E-state index contributed by atoms with van der Waals surface area (Å²) < 4.78 is 14.1. The Balaban J connectivity index is 2.19. The van der Waals surface area contributed by atoms with Gasteiger partial charge in [-0.25, -0.2) is 9.18 Å². The van der Waals surface area contributed by atoms with Gasteiger partial charge in [-0.05, 0) is 49.5 Å². The second-order valence-corrected chi connectivity index (χ2v) is 5.47. The van der Waals surface area contributed by atoms with Crippen LogP contribution in [0.5, 0.6) is 0 Å². The van der Waals surface area contributed by atoms with Crippen LogP contribution in [-0.2, 0) is 0 Å². The van der Waals surface area contributed by atoms with Gasteiger partial charge in [0.05, 0.1) is 10.5 Å². The molecule has 1 fully saturated rings. The molecule has 0 atom stereocenters. The maximum absolute atomic E-state index is 14.1. The van der Waals surface area contributed by atoms with Crippen molar-refractivity contribution in [2.45, 2.75) is 18.8 Å². The summed E-state index contributed by atoms with van der Waals surface area (Å²) in [6.07, 6.45) is 1.87. The summed E-state index contributed by atoms with van der Waals surface area (Å²) in [5.41, 5.74) is 1.09. The second-order valence-electron chi connectivity index (χ2n) is 5.06. The molecular weight excluding hydrogens is 283 g/mol. The summed E-state index contributed by atoms with van der Waals surface area (Å²) in [6.45, 7) is 1.80. The molecule has 0 bridgehead atoms. The number of aromatic nitrogens is 1. The van der Waals surface area contributed by atoms with E-state index in [0.29, 0.717) is 5.39 Å². The van der Waals surface area contributed by atoms with Crippen molar-refractivity contribution in [3.8, 4) is 0 Å². The van der Waals surface area contributed by atoms with E-state index in [1.807, 2.05) is 0 Å². The Morgan fingerprint density at radius 3 is 2.70 bits per heavy atom. The minimum absolute atomic E-state index is 0.0173. The first-order chi connectivity index (χ1) is 9.58. The Kier molecular flexibility index (Phi) is 3.40. The summed E-state index contributed by atoms with van der Waals surface area (Å²) >= 11 is 5.94. The van der Waals surface area contributed by atoms with Gasteiger partial charge in [0.15, 0.2) is 5.82 Å². The van der Waals surface area contributed by atoms with Gasteiger partial charge in [-0.15, -0.1) is 0 Å². The van der Waals surface area contributed by atoms with Crippen molar-refractivity contribution in [1.29, 1.82) is 0 Å². The molecule has 1 aromatic heterocycles. The Bertz CT molecular complexity index is 677. The van der Waals surface area contributed by atoms with E-state index in [2.05, 4.69) is 10.3 Å². The minimum Gasteiger partial charge on any atom is -0.477 e. The molecule has 2 aromatic rings. The number of aromatic amines is 1. The van der Waals surface area contributed by atoms with E-state index >= 15 is 0 Å². The first-order valence-electron chi connectivity index (χ1n) is 6.52. The number of carboxylic acids is 1. The van der Waals surface area contributed by atoms with E-state index < -0.39 is 11.8 Å². The Hall–Kier alpha value is -1.59. The smallest absolute Gasteiger partial charge is 0.352 e. The lowest BCUT2D eigenvalue weighted by Gasteiger charge is -2.24. The number of halogens is 2. The highest BCUT2D eigenvalue weighted by Gasteiger charge is 2.22. The first kappa shape index (κ1) is 13.4. The molecule has 1 aliphatic heterocycles.